The predicted molar refractivity (Wildman–Crippen MR) is 103 cm³/mol. The third-order valence-corrected chi connectivity index (χ3v) is 4.79. The first-order valence-corrected chi connectivity index (χ1v) is 9.12. The Balaban J connectivity index is 2.11. The third kappa shape index (κ3) is 4.92. The largest absolute Gasteiger partial charge is 0.493 e. The molecule has 1 aromatic rings. The van der Waals surface area contributed by atoms with Crippen LogP contribution in [0.3, 0.4) is 0 Å². The number of rotatable bonds is 7. The lowest BCUT2D eigenvalue weighted by atomic mass is 10.1. The summed E-state index contributed by atoms with van der Waals surface area (Å²) >= 11 is 0. The molecular formula is C19H27N3O6. The molecular weight excluding hydrogens is 366 g/mol. The monoisotopic (exact) mass is 393 g/mol. The van der Waals surface area contributed by atoms with Gasteiger partial charge in [0.15, 0.2) is 11.5 Å². The fourth-order valence-corrected chi connectivity index (χ4v) is 3.27. The number of benzene rings is 1. The molecule has 154 valence electrons. The van der Waals surface area contributed by atoms with E-state index in [-0.39, 0.29) is 17.3 Å². The Morgan fingerprint density at radius 3 is 2.39 bits per heavy atom. The number of ether oxygens (including phenoxy) is 3. The van der Waals surface area contributed by atoms with Crippen LogP contribution < -0.4 is 20.1 Å². The first-order chi connectivity index (χ1) is 13.4. The van der Waals surface area contributed by atoms with Crippen LogP contribution in [0.15, 0.2) is 12.1 Å². The summed E-state index contributed by atoms with van der Waals surface area (Å²) in [7, 11) is 4.07. The van der Waals surface area contributed by atoms with E-state index in [2.05, 4.69) is 22.5 Å². The molecule has 9 nitrogen and oxygen atoms in total. The van der Waals surface area contributed by atoms with Crippen LogP contribution in [0.4, 0.5) is 5.69 Å². The zero-order valence-corrected chi connectivity index (χ0v) is 16.7. The van der Waals surface area contributed by atoms with E-state index in [0.29, 0.717) is 18.0 Å². The lowest BCUT2D eigenvalue weighted by Crippen LogP contribution is -2.43. The van der Waals surface area contributed by atoms with Gasteiger partial charge in [-0.05, 0) is 25.9 Å². The number of amides is 2. The van der Waals surface area contributed by atoms with Gasteiger partial charge in [0.1, 0.15) is 0 Å². The van der Waals surface area contributed by atoms with E-state index in [1.165, 1.54) is 33.5 Å². The number of esters is 1. The van der Waals surface area contributed by atoms with Crippen LogP contribution in [-0.4, -0.2) is 69.7 Å². The van der Waals surface area contributed by atoms with Gasteiger partial charge >= 0.3 is 17.8 Å². The first-order valence-electron chi connectivity index (χ1n) is 9.12. The van der Waals surface area contributed by atoms with E-state index in [0.717, 1.165) is 25.9 Å². The van der Waals surface area contributed by atoms with E-state index in [1.807, 2.05) is 0 Å². The number of likely N-dealkylation sites (tertiary alicyclic amines) is 1. The maximum absolute atomic E-state index is 12.3. The summed E-state index contributed by atoms with van der Waals surface area (Å²) in [5.74, 6) is -1.73. The number of carbonyl (C=O) groups excluding carboxylic acids is 3. The van der Waals surface area contributed by atoms with Crippen LogP contribution in [0, 0.1) is 0 Å². The first kappa shape index (κ1) is 21.5. The second-order valence-electron chi connectivity index (χ2n) is 6.33. The van der Waals surface area contributed by atoms with Crippen LogP contribution in [-0.2, 0) is 14.3 Å². The zero-order valence-electron chi connectivity index (χ0n) is 16.7. The van der Waals surface area contributed by atoms with Crippen LogP contribution >= 0.6 is 0 Å². The molecule has 2 amide bonds. The lowest BCUT2D eigenvalue weighted by molar-refractivity contribution is -0.136. The van der Waals surface area contributed by atoms with E-state index in [9.17, 15) is 14.4 Å². The molecule has 0 spiro atoms. The summed E-state index contributed by atoms with van der Waals surface area (Å²) in [4.78, 5) is 38.9. The summed E-state index contributed by atoms with van der Waals surface area (Å²) in [5, 5.41) is 5.11. The standard InChI is InChI=1S/C19H27N3O6/c1-5-22-8-6-7-12(22)11-20-17(23)18(24)21-14-10-16(27-3)15(26-2)9-13(14)19(25)28-4/h9-10,12H,5-8,11H2,1-4H3,(H,20,23)(H,21,24)/t12-/m1/s1. The fourth-order valence-electron chi connectivity index (χ4n) is 3.27. The molecule has 0 aromatic heterocycles. The van der Waals surface area contributed by atoms with Gasteiger partial charge in [-0.1, -0.05) is 6.92 Å². The third-order valence-electron chi connectivity index (χ3n) is 4.79. The Hall–Kier alpha value is -2.81. The van der Waals surface area contributed by atoms with Crippen LogP contribution in [0.25, 0.3) is 0 Å². The Labute approximate surface area is 164 Å². The molecule has 1 fully saturated rings. The molecule has 28 heavy (non-hydrogen) atoms. The maximum Gasteiger partial charge on any atom is 0.340 e. The molecule has 2 rings (SSSR count). The van der Waals surface area contributed by atoms with E-state index in [4.69, 9.17) is 14.2 Å². The van der Waals surface area contributed by atoms with Crippen molar-refractivity contribution in [2.24, 2.45) is 0 Å². The van der Waals surface area contributed by atoms with Gasteiger partial charge in [-0.25, -0.2) is 4.79 Å². The molecule has 1 saturated heterocycles. The smallest absolute Gasteiger partial charge is 0.340 e. The number of nitrogens with one attached hydrogen (secondary N) is 2. The Morgan fingerprint density at radius 1 is 1.11 bits per heavy atom. The van der Waals surface area contributed by atoms with E-state index < -0.39 is 17.8 Å². The number of hydrogen-bond donors (Lipinski definition) is 2. The summed E-state index contributed by atoms with van der Waals surface area (Å²) in [6.45, 7) is 4.37. The van der Waals surface area contributed by atoms with E-state index >= 15 is 0 Å². The average Bonchev–Trinajstić information content (AvgIpc) is 3.18. The number of nitrogens with zero attached hydrogens (tertiary/aromatic N) is 1. The number of likely N-dealkylation sites (N-methyl/N-ethyl adjacent to an activating group) is 1. The van der Waals surface area contributed by atoms with Crippen molar-refractivity contribution in [1.29, 1.82) is 0 Å². The van der Waals surface area contributed by atoms with Gasteiger partial charge in [0.25, 0.3) is 0 Å². The van der Waals surface area contributed by atoms with Crippen molar-refractivity contribution in [1.82, 2.24) is 10.2 Å². The minimum Gasteiger partial charge on any atom is -0.493 e. The van der Waals surface area contributed by atoms with Crippen molar-refractivity contribution in [3.8, 4) is 11.5 Å². The van der Waals surface area contributed by atoms with Gasteiger partial charge in [-0.3, -0.25) is 14.5 Å². The Kier molecular flexibility index (Phi) is 7.62. The van der Waals surface area contributed by atoms with Gasteiger partial charge < -0.3 is 24.8 Å². The molecule has 0 unspecified atom stereocenters. The molecule has 1 aromatic carbocycles. The minimum absolute atomic E-state index is 0.0502. The summed E-state index contributed by atoms with van der Waals surface area (Å²) in [6.07, 6.45) is 2.06. The molecule has 1 aliphatic heterocycles. The number of carbonyl (C=O) groups is 3. The molecule has 1 atom stereocenters. The topological polar surface area (TPSA) is 106 Å². The predicted octanol–water partition coefficient (Wildman–Crippen LogP) is 1.03. The molecule has 0 radical (unpaired) electrons. The number of anilines is 1. The van der Waals surface area contributed by atoms with Crippen molar-refractivity contribution >= 4 is 23.5 Å². The zero-order chi connectivity index (χ0) is 20.7. The molecule has 2 N–H and O–H groups in total. The summed E-state index contributed by atoms with van der Waals surface area (Å²) in [6, 6.07) is 3.02. The van der Waals surface area contributed by atoms with Gasteiger partial charge in [-0.15, -0.1) is 0 Å². The van der Waals surface area contributed by atoms with Crippen LogP contribution in [0.5, 0.6) is 11.5 Å². The molecule has 1 heterocycles. The van der Waals surface area contributed by atoms with Gasteiger partial charge in [0.2, 0.25) is 0 Å². The minimum atomic E-state index is -0.876. The quantitative estimate of drug-likeness (QED) is 0.526. The van der Waals surface area contributed by atoms with Crippen molar-refractivity contribution in [3.63, 3.8) is 0 Å². The Morgan fingerprint density at radius 2 is 1.79 bits per heavy atom. The molecule has 0 saturated carbocycles. The second-order valence-corrected chi connectivity index (χ2v) is 6.33. The highest BCUT2D eigenvalue weighted by Gasteiger charge is 2.25. The summed E-state index contributed by atoms with van der Waals surface area (Å²) in [5.41, 5.74) is 0.148. The number of methoxy groups -OCH3 is 3. The van der Waals surface area contributed by atoms with Crippen molar-refractivity contribution < 1.29 is 28.6 Å². The Bertz CT molecular complexity index is 737. The molecule has 0 bridgehead atoms. The normalized spacial score (nSPS) is 16.4. The van der Waals surface area contributed by atoms with E-state index in [1.54, 1.807) is 0 Å². The van der Waals surface area contributed by atoms with Crippen molar-refractivity contribution in [3.05, 3.63) is 17.7 Å². The van der Waals surface area contributed by atoms with Gasteiger partial charge in [-0.2, -0.15) is 0 Å². The van der Waals surface area contributed by atoms with Crippen LogP contribution in [0.1, 0.15) is 30.1 Å². The van der Waals surface area contributed by atoms with Gasteiger partial charge in [0.05, 0.1) is 32.6 Å². The number of hydrogen-bond acceptors (Lipinski definition) is 7. The second kappa shape index (κ2) is 9.93. The molecule has 0 aliphatic carbocycles. The van der Waals surface area contributed by atoms with Crippen molar-refractivity contribution in [2.45, 2.75) is 25.8 Å². The SMILES string of the molecule is CCN1CCC[C@@H]1CNC(=O)C(=O)Nc1cc(OC)c(OC)cc1C(=O)OC. The fraction of sp³-hybridized carbons (Fsp3) is 0.526. The highest BCUT2D eigenvalue weighted by Crippen LogP contribution is 2.33. The lowest BCUT2D eigenvalue weighted by Gasteiger charge is -2.22. The van der Waals surface area contributed by atoms with Crippen molar-refractivity contribution in [2.75, 3.05) is 46.3 Å². The maximum atomic E-state index is 12.3. The van der Waals surface area contributed by atoms with Gasteiger partial charge in [0, 0.05) is 24.7 Å². The highest BCUT2D eigenvalue weighted by atomic mass is 16.5. The highest BCUT2D eigenvalue weighted by molar-refractivity contribution is 6.40. The van der Waals surface area contributed by atoms with Crippen LogP contribution in [0.2, 0.25) is 0 Å². The average molecular weight is 393 g/mol. The molecule has 1 aliphatic rings. The summed E-state index contributed by atoms with van der Waals surface area (Å²) < 4.78 is 15.1. The molecule has 9 heteroatoms.